The molecule has 2 aromatic rings. The van der Waals surface area contributed by atoms with Gasteiger partial charge in [0.1, 0.15) is 10.4 Å². The molecule has 0 spiro atoms. The normalized spacial score (nSPS) is 12.4. The number of ether oxygens (including phenoxy) is 1. The Bertz CT molecular complexity index is 773. The van der Waals surface area contributed by atoms with Crippen molar-refractivity contribution < 1.29 is 13.2 Å². The van der Waals surface area contributed by atoms with E-state index in [1.54, 1.807) is 24.4 Å². The summed E-state index contributed by atoms with van der Waals surface area (Å²) in [5.74, 6) is 0.513. The summed E-state index contributed by atoms with van der Waals surface area (Å²) in [4.78, 5) is 0.199. The second-order valence-electron chi connectivity index (χ2n) is 6.39. The van der Waals surface area contributed by atoms with Gasteiger partial charge >= 0.3 is 0 Å². The smallest absolute Gasteiger partial charge is 0.268 e. The molecule has 0 unspecified atom stereocenters. The molecule has 22 heavy (non-hydrogen) atoms. The summed E-state index contributed by atoms with van der Waals surface area (Å²) in [7, 11) is -2.13. The van der Waals surface area contributed by atoms with Crippen LogP contribution in [0.4, 0.5) is 0 Å². The van der Waals surface area contributed by atoms with E-state index in [9.17, 15) is 8.42 Å². The van der Waals surface area contributed by atoms with E-state index in [0.29, 0.717) is 10.4 Å². The van der Waals surface area contributed by atoms with Gasteiger partial charge in [-0.1, -0.05) is 26.8 Å². The molecule has 0 aliphatic rings. The fraction of sp³-hybridized carbons (Fsp3) is 0.375. The van der Waals surface area contributed by atoms with Gasteiger partial charge in [-0.15, -0.1) is 0 Å². The summed E-state index contributed by atoms with van der Waals surface area (Å²) in [6.07, 6.45) is 2.47. The molecule has 4 nitrogen and oxygen atoms in total. The number of methoxy groups -OCH3 is 1. The van der Waals surface area contributed by atoms with Gasteiger partial charge < -0.3 is 4.74 Å². The zero-order valence-electron chi connectivity index (χ0n) is 13.1. The highest BCUT2D eigenvalue weighted by Gasteiger charge is 2.22. The van der Waals surface area contributed by atoms with E-state index in [0.717, 1.165) is 12.0 Å². The fourth-order valence-corrected chi connectivity index (χ4v) is 4.50. The molecule has 0 aliphatic heterocycles. The lowest BCUT2D eigenvalue weighted by atomic mass is 9.89. The van der Waals surface area contributed by atoms with Crippen molar-refractivity contribution in [1.82, 2.24) is 3.97 Å². The van der Waals surface area contributed by atoms with Gasteiger partial charge in [0.05, 0.1) is 12.0 Å². The number of nitrogens with zero attached hydrogens (tertiary/aromatic N) is 1. The molecule has 0 aliphatic carbocycles. The molecule has 0 radical (unpaired) electrons. The summed E-state index contributed by atoms with van der Waals surface area (Å²) < 4.78 is 32.4. The standard InChI is InChI=1S/C16H20BrNO3S/c1-16(2,3)10-12-8-15(17)18(11-12)22(19,20)14-7-5-6-13(9-14)21-4/h5-9,11H,10H2,1-4H3. The van der Waals surface area contributed by atoms with E-state index in [1.807, 2.05) is 6.07 Å². The summed E-state index contributed by atoms with van der Waals surface area (Å²) in [6, 6.07) is 8.32. The Morgan fingerprint density at radius 2 is 1.91 bits per heavy atom. The monoisotopic (exact) mass is 385 g/mol. The lowest BCUT2D eigenvalue weighted by Crippen LogP contribution is -2.13. The van der Waals surface area contributed by atoms with Crippen LogP contribution in [0.3, 0.4) is 0 Å². The van der Waals surface area contributed by atoms with Crippen molar-refractivity contribution >= 4 is 26.0 Å². The summed E-state index contributed by atoms with van der Waals surface area (Å²) in [5, 5.41) is 0. The summed E-state index contributed by atoms with van der Waals surface area (Å²) >= 11 is 3.35. The molecule has 0 N–H and O–H groups in total. The Labute approximate surface area is 140 Å². The van der Waals surface area contributed by atoms with Gasteiger partial charge in [0.2, 0.25) is 0 Å². The molecule has 0 saturated heterocycles. The van der Waals surface area contributed by atoms with E-state index in [4.69, 9.17) is 4.74 Å². The van der Waals surface area contributed by atoms with Crippen LogP contribution in [0.2, 0.25) is 0 Å². The van der Waals surface area contributed by atoms with E-state index in [1.165, 1.54) is 17.1 Å². The van der Waals surface area contributed by atoms with Crippen molar-refractivity contribution in [2.75, 3.05) is 7.11 Å². The van der Waals surface area contributed by atoms with Crippen molar-refractivity contribution in [1.29, 1.82) is 0 Å². The van der Waals surface area contributed by atoms with Crippen LogP contribution in [0, 0.1) is 5.41 Å². The first-order chi connectivity index (χ1) is 10.1. The lowest BCUT2D eigenvalue weighted by Gasteiger charge is -2.16. The predicted molar refractivity (Wildman–Crippen MR) is 90.9 cm³/mol. The SMILES string of the molecule is COc1cccc(S(=O)(=O)n2cc(CC(C)(C)C)cc2Br)c1. The molecule has 0 atom stereocenters. The third-order valence-electron chi connectivity index (χ3n) is 3.13. The maximum absolute atomic E-state index is 12.8. The average molecular weight is 386 g/mol. The largest absolute Gasteiger partial charge is 0.497 e. The Morgan fingerprint density at radius 1 is 1.23 bits per heavy atom. The van der Waals surface area contributed by atoms with Crippen molar-refractivity contribution in [2.24, 2.45) is 5.41 Å². The Hall–Kier alpha value is -1.27. The average Bonchev–Trinajstić information content (AvgIpc) is 2.78. The molecular formula is C16H20BrNO3S. The summed E-state index contributed by atoms with van der Waals surface area (Å²) in [5.41, 5.74) is 1.07. The molecule has 120 valence electrons. The zero-order chi connectivity index (χ0) is 16.5. The highest BCUT2D eigenvalue weighted by molar-refractivity contribution is 9.10. The lowest BCUT2D eigenvalue weighted by molar-refractivity contribution is 0.411. The van der Waals surface area contributed by atoms with Crippen molar-refractivity contribution in [3.63, 3.8) is 0 Å². The minimum Gasteiger partial charge on any atom is -0.497 e. The van der Waals surface area contributed by atoms with Crippen LogP contribution in [0.1, 0.15) is 26.3 Å². The number of benzene rings is 1. The molecule has 0 fully saturated rings. The van der Waals surface area contributed by atoms with Gasteiger partial charge in [0.15, 0.2) is 0 Å². The van der Waals surface area contributed by atoms with Crippen LogP contribution in [0.15, 0.2) is 46.0 Å². The highest BCUT2D eigenvalue weighted by atomic mass is 79.9. The molecule has 1 aromatic heterocycles. The zero-order valence-corrected chi connectivity index (χ0v) is 15.5. The first kappa shape index (κ1) is 17.1. The molecule has 6 heteroatoms. The van der Waals surface area contributed by atoms with Crippen LogP contribution in [-0.4, -0.2) is 19.5 Å². The molecule has 1 heterocycles. The van der Waals surface area contributed by atoms with Gasteiger partial charge in [-0.05, 0) is 51.5 Å². The number of halogens is 1. The minimum atomic E-state index is -3.65. The molecular weight excluding hydrogens is 366 g/mol. The van der Waals surface area contributed by atoms with Crippen molar-refractivity contribution in [3.8, 4) is 5.75 Å². The van der Waals surface area contributed by atoms with E-state index in [-0.39, 0.29) is 10.3 Å². The van der Waals surface area contributed by atoms with Gasteiger partial charge in [-0.25, -0.2) is 12.4 Å². The Morgan fingerprint density at radius 3 is 2.50 bits per heavy atom. The van der Waals surface area contributed by atoms with Gasteiger partial charge in [-0.2, -0.15) is 0 Å². The molecule has 2 rings (SSSR count). The van der Waals surface area contributed by atoms with Gasteiger partial charge in [0.25, 0.3) is 10.0 Å². The Balaban J connectivity index is 2.45. The topological polar surface area (TPSA) is 48.3 Å². The number of rotatable bonds is 4. The molecule has 1 aromatic carbocycles. The predicted octanol–water partition coefficient (Wildman–Crippen LogP) is 4.08. The quantitative estimate of drug-likeness (QED) is 0.796. The number of hydrogen-bond acceptors (Lipinski definition) is 3. The first-order valence-electron chi connectivity index (χ1n) is 6.90. The van der Waals surface area contributed by atoms with Crippen LogP contribution >= 0.6 is 15.9 Å². The van der Waals surface area contributed by atoms with Crippen molar-refractivity contribution in [3.05, 3.63) is 46.7 Å². The Kier molecular flexibility index (Phi) is 4.73. The molecule has 0 bridgehead atoms. The third-order valence-corrected chi connectivity index (χ3v) is 5.65. The van der Waals surface area contributed by atoms with Gasteiger partial charge in [-0.3, -0.25) is 0 Å². The number of aromatic nitrogens is 1. The maximum atomic E-state index is 12.8. The summed E-state index contributed by atoms with van der Waals surface area (Å²) in [6.45, 7) is 6.36. The fourth-order valence-electron chi connectivity index (χ4n) is 2.23. The number of hydrogen-bond donors (Lipinski definition) is 0. The molecule has 0 amide bonds. The van der Waals surface area contributed by atoms with Gasteiger partial charge in [0, 0.05) is 12.3 Å². The van der Waals surface area contributed by atoms with Crippen LogP contribution in [-0.2, 0) is 16.4 Å². The van der Waals surface area contributed by atoms with E-state index in [2.05, 4.69) is 36.7 Å². The van der Waals surface area contributed by atoms with Crippen LogP contribution < -0.4 is 4.74 Å². The second kappa shape index (κ2) is 6.08. The molecule has 0 saturated carbocycles. The highest BCUT2D eigenvalue weighted by Crippen LogP contribution is 2.28. The van der Waals surface area contributed by atoms with Crippen molar-refractivity contribution in [2.45, 2.75) is 32.1 Å². The van der Waals surface area contributed by atoms with E-state index < -0.39 is 10.0 Å². The van der Waals surface area contributed by atoms with E-state index >= 15 is 0 Å². The third kappa shape index (κ3) is 3.73. The first-order valence-corrected chi connectivity index (χ1v) is 9.13. The minimum absolute atomic E-state index is 0.0886. The maximum Gasteiger partial charge on any atom is 0.268 e. The van der Waals surface area contributed by atoms with Crippen LogP contribution in [0.25, 0.3) is 0 Å². The van der Waals surface area contributed by atoms with Crippen LogP contribution in [0.5, 0.6) is 5.75 Å². The second-order valence-corrected chi connectivity index (χ2v) is 9.02.